The van der Waals surface area contributed by atoms with Gasteiger partial charge in [-0.15, -0.1) is 11.8 Å². The summed E-state index contributed by atoms with van der Waals surface area (Å²) < 4.78 is 23.1. The van der Waals surface area contributed by atoms with Crippen LogP contribution in [0.4, 0.5) is 0 Å². The van der Waals surface area contributed by atoms with E-state index in [9.17, 15) is 13.2 Å². The maximum Gasteiger partial charge on any atom is 0.233 e. The fourth-order valence-electron chi connectivity index (χ4n) is 4.05. The quantitative estimate of drug-likeness (QED) is 0.732. The number of carbonyl (C=O) groups excluding carboxylic acids is 1. The molecule has 132 valence electrons. The molecule has 1 saturated heterocycles. The second-order valence-electron chi connectivity index (χ2n) is 7.45. The molecule has 1 aliphatic heterocycles. The molecule has 4 nitrogen and oxygen atoms in total. The Morgan fingerprint density at radius 3 is 2.13 bits per heavy atom. The Morgan fingerprint density at radius 2 is 1.65 bits per heavy atom. The van der Waals surface area contributed by atoms with Crippen LogP contribution >= 0.6 is 11.8 Å². The summed E-state index contributed by atoms with van der Waals surface area (Å²) in [4.78, 5) is 14.9. The normalized spacial score (nSPS) is 33.5. The molecule has 2 aliphatic carbocycles. The first-order valence-electron chi connectivity index (χ1n) is 9.11. The second-order valence-corrected chi connectivity index (χ2v) is 11.0. The Morgan fingerprint density at radius 1 is 1.04 bits per heavy atom. The lowest BCUT2D eigenvalue weighted by atomic mass is 9.84. The van der Waals surface area contributed by atoms with E-state index in [1.54, 1.807) is 11.8 Å². The number of carbonyl (C=O) groups is 1. The van der Waals surface area contributed by atoms with E-state index in [2.05, 4.69) is 11.8 Å². The van der Waals surface area contributed by atoms with Crippen LogP contribution in [0.5, 0.6) is 0 Å². The van der Waals surface area contributed by atoms with Gasteiger partial charge in [-0.25, -0.2) is 8.42 Å². The molecule has 3 rings (SSSR count). The maximum absolute atomic E-state index is 12.7. The van der Waals surface area contributed by atoms with E-state index in [1.807, 2.05) is 0 Å². The molecule has 6 heteroatoms. The largest absolute Gasteiger partial charge is 0.336 e. The van der Waals surface area contributed by atoms with Gasteiger partial charge in [-0.05, 0) is 50.9 Å². The van der Waals surface area contributed by atoms with Gasteiger partial charge in [-0.1, -0.05) is 13.3 Å². The monoisotopic (exact) mass is 359 g/mol. The Labute approximate surface area is 144 Å². The zero-order valence-electron chi connectivity index (χ0n) is 14.1. The van der Waals surface area contributed by atoms with Crippen molar-refractivity contribution >= 4 is 27.5 Å². The molecule has 0 bridgehead atoms. The first-order valence-corrected chi connectivity index (χ1v) is 12.0. The number of thioether (sulfide) groups is 1. The average Bonchev–Trinajstić information content (AvgIpc) is 3.29. The lowest BCUT2D eigenvalue weighted by Gasteiger charge is -2.37. The highest BCUT2D eigenvalue weighted by Gasteiger charge is 2.39. The van der Waals surface area contributed by atoms with Crippen LogP contribution in [0.25, 0.3) is 0 Å². The lowest BCUT2D eigenvalue weighted by Crippen LogP contribution is -2.45. The summed E-state index contributed by atoms with van der Waals surface area (Å²) in [6, 6.07) is 0.907. The van der Waals surface area contributed by atoms with Crippen LogP contribution in [0.3, 0.4) is 0 Å². The molecule has 3 aliphatic rings. The number of hydrogen-bond donors (Lipinski definition) is 0. The van der Waals surface area contributed by atoms with Gasteiger partial charge in [0.25, 0.3) is 0 Å². The second kappa shape index (κ2) is 7.34. The van der Waals surface area contributed by atoms with Gasteiger partial charge in [0.05, 0.1) is 17.3 Å². The van der Waals surface area contributed by atoms with E-state index >= 15 is 0 Å². The zero-order valence-corrected chi connectivity index (χ0v) is 15.7. The third-order valence-electron chi connectivity index (χ3n) is 5.65. The van der Waals surface area contributed by atoms with Gasteiger partial charge in [0.2, 0.25) is 5.91 Å². The summed E-state index contributed by atoms with van der Waals surface area (Å²) in [5, 5.41) is 0.126. The minimum atomic E-state index is -2.84. The van der Waals surface area contributed by atoms with Crippen molar-refractivity contribution in [3.63, 3.8) is 0 Å². The van der Waals surface area contributed by atoms with Crippen molar-refractivity contribution in [2.75, 3.05) is 17.3 Å². The first-order chi connectivity index (χ1) is 11.0. The lowest BCUT2D eigenvalue weighted by molar-refractivity contribution is -0.132. The summed E-state index contributed by atoms with van der Waals surface area (Å²) in [5.74, 6) is 2.12. The van der Waals surface area contributed by atoms with Crippen LogP contribution in [-0.4, -0.2) is 53.8 Å². The molecule has 0 N–H and O–H groups in total. The fraction of sp³-hybridized carbons (Fsp3) is 0.941. The molecule has 0 aromatic rings. The zero-order chi connectivity index (χ0) is 16.4. The van der Waals surface area contributed by atoms with Crippen LogP contribution < -0.4 is 0 Å². The predicted octanol–water partition coefficient (Wildman–Crippen LogP) is 2.87. The summed E-state index contributed by atoms with van der Waals surface area (Å²) in [6.45, 7) is 2.26. The number of sulfone groups is 1. The standard InChI is InChI=1S/C17H29NO3S2/c1-2-13-3-5-14(6-4-13)18(15-7-8-15)17(19)11-22-16-9-10-23(20,21)12-16/h13-16H,2-12H2,1H3. The molecule has 0 aromatic carbocycles. The van der Waals surface area contributed by atoms with Crippen molar-refractivity contribution in [1.29, 1.82) is 0 Å². The highest BCUT2D eigenvalue weighted by atomic mass is 32.2. The molecule has 1 amide bonds. The van der Waals surface area contributed by atoms with Crippen molar-refractivity contribution in [3.8, 4) is 0 Å². The van der Waals surface area contributed by atoms with E-state index in [1.165, 1.54) is 19.3 Å². The van der Waals surface area contributed by atoms with Crippen molar-refractivity contribution < 1.29 is 13.2 Å². The Kier molecular flexibility index (Phi) is 5.61. The molecule has 0 aromatic heterocycles. The van der Waals surface area contributed by atoms with Crippen LogP contribution in [0.2, 0.25) is 0 Å². The molecular formula is C17H29NO3S2. The fourth-order valence-corrected chi connectivity index (χ4v) is 7.56. The van der Waals surface area contributed by atoms with Gasteiger partial charge in [-0.3, -0.25) is 4.79 Å². The van der Waals surface area contributed by atoms with Gasteiger partial charge < -0.3 is 4.90 Å². The first kappa shape index (κ1) is 17.6. The highest BCUT2D eigenvalue weighted by Crippen LogP contribution is 2.37. The summed E-state index contributed by atoms with van der Waals surface area (Å²) >= 11 is 1.57. The predicted molar refractivity (Wildman–Crippen MR) is 95.4 cm³/mol. The van der Waals surface area contributed by atoms with Gasteiger partial charge in [0.1, 0.15) is 0 Å². The summed E-state index contributed by atoms with van der Waals surface area (Å²) in [6.07, 6.45) is 9.11. The number of hydrogen-bond acceptors (Lipinski definition) is 4. The molecule has 1 atom stereocenters. The van der Waals surface area contributed by atoms with E-state index in [-0.39, 0.29) is 16.9 Å². The number of nitrogens with zero attached hydrogens (tertiary/aromatic N) is 1. The molecule has 0 radical (unpaired) electrons. The Bertz CT molecular complexity index is 522. The molecule has 0 spiro atoms. The molecule has 1 unspecified atom stereocenters. The number of amides is 1. The van der Waals surface area contributed by atoms with E-state index in [0.717, 1.165) is 31.6 Å². The number of rotatable bonds is 6. The van der Waals surface area contributed by atoms with Crippen molar-refractivity contribution in [3.05, 3.63) is 0 Å². The van der Waals surface area contributed by atoms with Gasteiger partial charge in [0, 0.05) is 17.3 Å². The van der Waals surface area contributed by atoms with Gasteiger partial charge in [0.15, 0.2) is 9.84 Å². The van der Waals surface area contributed by atoms with Crippen molar-refractivity contribution in [2.24, 2.45) is 5.92 Å². The summed E-state index contributed by atoms with van der Waals surface area (Å²) in [7, 11) is -2.84. The SMILES string of the molecule is CCC1CCC(N(C(=O)CSC2CCS(=O)(=O)C2)C2CC2)CC1. The molecular weight excluding hydrogens is 330 g/mol. The van der Waals surface area contributed by atoms with Crippen LogP contribution in [0, 0.1) is 5.92 Å². The minimum Gasteiger partial charge on any atom is -0.336 e. The van der Waals surface area contributed by atoms with Crippen molar-refractivity contribution in [2.45, 2.75) is 75.6 Å². The van der Waals surface area contributed by atoms with Crippen LogP contribution in [-0.2, 0) is 14.6 Å². The molecule has 1 heterocycles. The minimum absolute atomic E-state index is 0.126. The smallest absolute Gasteiger partial charge is 0.233 e. The van der Waals surface area contributed by atoms with E-state index < -0.39 is 9.84 Å². The molecule has 3 fully saturated rings. The van der Waals surface area contributed by atoms with Crippen LogP contribution in [0.1, 0.15) is 58.3 Å². The van der Waals surface area contributed by atoms with Gasteiger partial charge >= 0.3 is 0 Å². The Balaban J connectivity index is 1.51. The molecule has 23 heavy (non-hydrogen) atoms. The van der Waals surface area contributed by atoms with E-state index in [0.29, 0.717) is 30.0 Å². The Hall–Kier alpha value is -0.230. The van der Waals surface area contributed by atoms with Crippen LogP contribution in [0.15, 0.2) is 0 Å². The third-order valence-corrected chi connectivity index (χ3v) is 8.91. The van der Waals surface area contributed by atoms with Gasteiger partial charge in [-0.2, -0.15) is 0 Å². The average molecular weight is 360 g/mol. The molecule has 2 saturated carbocycles. The third kappa shape index (κ3) is 4.65. The highest BCUT2D eigenvalue weighted by molar-refractivity contribution is 8.02. The topological polar surface area (TPSA) is 54.5 Å². The van der Waals surface area contributed by atoms with E-state index in [4.69, 9.17) is 0 Å². The maximum atomic E-state index is 12.7. The summed E-state index contributed by atoms with van der Waals surface area (Å²) in [5.41, 5.74) is 0. The van der Waals surface area contributed by atoms with Crippen molar-refractivity contribution in [1.82, 2.24) is 4.90 Å².